The van der Waals surface area contributed by atoms with Crippen LogP contribution in [0, 0.1) is 82.9 Å². The molecule has 18 heteroatoms. The molecule has 4 amide bonds. The number of carboxylic acids is 4. The van der Waals surface area contributed by atoms with Gasteiger partial charge in [-0.25, -0.2) is 19.4 Å². The lowest BCUT2D eigenvalue weighted by Crippen LogP contribution is -2.43. The summed E-state index contributed by atoms with van der Waals surface area (Å²) in [5.41, 5.74) is 2.22. The number of amides is 4. The van der Waals surface area contributed by atoms with Crippen LogP contribution in [-0.2, 0) is 55.9 Å². The fourth-order valence-electron chi connectivity index (χ4n) is 10.9. The lowest BCUT2D eigenvalue weighted by Gasteiger charge is -2.25. The number of alkyl halides is 1. The molecule has 2 fully saturated rings. The van der Waals surface area contributed by atoms with Crippen LogP contribution in [0.4, 0.5) is 9.59 Å². The predicted octanol–water partition coefficient (Wildman–Crippen LogP) is 18.6. The van der Waals surface area contributed by atoms with Crippen LogP contribution in [0.1, 0.15) is 213 Å². The Balaban J connectivity index is -0.00000109. The average molecular weight is 1410 g/mol. The minimum absolute atomic E-state index is 0.0837. The van der Waals surface area contributed by atoms with Crippen molar-refractivity contribution in [2.75, 3.05) is 18.5 Å². The number of ketones is 1. The van der Waals surface area contributed by atoms with E-state index in [1.807, 2.05) is 109 Å². The molecule has 96 heavy (non-hydrogen) atoms. The molecule has 2 aliphatic rings. The summed E-state index contributed by atoms with van der Waals surface area (Å²) in [6, 6.07) is 19.4. The number of allylic oxidation sites excluding steroid dienone is 3. The van der Waals surface area contributed by atoms with Crippen LogP contribution in [0.2, 0.25) is 0 Å². The highest BCUT2D eigenvalue weighted by molar-refractivity contribution is 9.09. The molecule has 2 unspecified atom stereocenters. The van der Waals surface area contributed by atoms with E-state index >= 15 is 0 Å². The predicted molar refractivity (Wildman–Crippen MR) is 391 cm³/mol. The number of carbonyl (C=O) groups is 9. The van der Waals surface area contributed by atoms with Crippen molar-refractivity contribution < 1.29 is 73.1 Å². The molecule has 10 atom stereocenters. The Morgan fingerprint density at radius 3 is 1.04 bits per heavy atom. The number of Topliss-reactive ketones (excluding diaryl/α,β-unsaturated/α-hetero) is 1. The minimum Gasteiger partial charge on any atom is -0.481 e. The molecule has 0 aliphatic carbocycles. The number of halogens is 1. The van der Waals surface area contributed by atoms with Crippen molar-refractivity contribution in [3.63, 3.8) is 0 Å². The maximum absolute atomic E-state index is 12.7. The van der Waals surface area contributed by atoms with Crippen molar-refractivity contribution in [2.24, 2.45) is 82.9 Å². The second-order valence-electron chi connectivity index (χ2n) is 28.1. The maximum atomic E-state index is 12.7. The number of carbonyl (C=O) groups excluding carboxylic acids is 5. The maximum Gasteiger partial charge on any atom is 0.416 e. The minimum atomic E-state index is -0.678. The summed E-state index contributed by atoms with van der Waals surface area (Å²) in [7, 11) is 0. The number of cyclic esters (lactones) is 2. The summed E-state index contributed by atoms with van der Waals surface area (Å²) in [5, 5.41) is 36.1. The molecule has 2 saturated heterocycles. The first kappa shape index (κ1) is 93.8. The number of aliphatic carboxylic acids is 4. The summed E-state index contributed by atoms with van der Waals surface area (Å²) in [4.78, 5) is 104. The monoisotopic (exact) mass is 1410 g/mol. The van der Waals surface area contributed by atoms with Gasteiger partial charge in [0.05, 0.1) is 41.1 Å². The van der Waals surface area contributed by atoms with E-state index in [-0.39, 0.29) is 83.6 Å². The SMILES string of the molecule is C=CC[C@@H](C)[C@@H](CC(C)C)C(=O)O.C=CC[C@H](C)[C@@H](CC(C)C)C(=O)O.C=CC[C@H](C)[C@@H](CC(C)C)C(=O)O.CC(=O)CBr.CC(C)CCC(=O)N1C(=O)OCC1Cc1ccccc1.CC[C@@H](CC(C)C)C(=O)N1C(=O)OCC1Cc1ccccc1.CC[C@@H](CC(C)C)C(=O)O. The van der Waals surface area contributed by atoms with Gasteiger partial charge < -0.3 is 29.9 Å². The number of hydrogen-bond acceptors (Lipinski definition) is 11. The molecule has 2 aliphatic heterocycles. The summed E-state index contributed by atoms with van der Waals surface area (Å²) >= 11 is 2.96. The zero-order valence-corrected chi connectivity index (χ0v) is 63.5. The van der Waals surface area contributed by atoms with Gasteiger partial charge in [0.25, 0.3) is 0 Å². The summed E-state index contributed by atoms with van der Waals surface area (Å²) < 4.78 is 10.2. The summed E-state index contributed by atoms with van der Waals surface area (Å²) in [6.07, 6.45) is 14.6. The van der Waals surface area contributed by atoms with Crippen LogP contribution in [0.5, 0.6) is 0 Å². The van der Waals surface area contributed by atoms with Crippen LogP contribution >= 0.6 is 15.9 Å². The molecule has 2 heterocycles. The molecule has 2 aromatic carbocycles. The van der Waals surface area contributed by atoms with E-state index in [0.717, 1.165) is 81.8 Å². The number of carboxylic acid groups (broad SMARTS) is 4. The van der Waals surface area contributed by atoms with Gasteiger partial charge in [-0.2, -0.15) is 0 Å². The third-order valence-corrected chi connectivity index (χ3v) is 17.0. The number of nitrogens with zero attached hydrogens (tertiary/aromatic N) is 2. The van der Waals surface area contributed by atoms with E-state index in [4.69, 9.17) is 29.9 Å². The number of rotatable bonds is 34. The molecular formula is C78H127BrN2O15. The molecular weight excluding hydrogens is 1280 g/mol. The van der Waals surface area contributed by atoms with Crippen molar-refractivity contribution in [2.45, 2.75) is 227 Å². The van der Waals surface area contributed by atoms with Crippen LogP contribution < -0.4 is 0 Å². The second-order valence-corrected chi connectivity index (χ2v) is 28.7. The first-order valence-electron chi connectivity index (χ1n) is 34.8. The largest absolute Gasteiger partial charge is 0.481 e. The average Bonchev–Trinajstić information content (AvgIpc) is 1.70. The number of ether oxygens (including phenoxy) is 2. The second kappa shape index (κ2) is 53.6. The Morgan fingerprint density at radius 1 is 0.490 bits per heavy atom. The Labute approximate surface area is 587 Å². The smallest absolute Gasteiger partial charge is 0.416 e. The Hall–Kier alpha value is -6.43. The van der Waals surface area contributed by atoms with E-state index in [9.17, 15) is 43.2 Å². The Bertz CT molecular complexity index is 2460. The van der Waals surface area contributed by atoms with Crippen LogP contribution in [0.15, 0.2) is 98.6 Å². The summed E-state index contributed by atoms with van der Waals surface area (Å²) in [5.74, 6) is -0.386. The van der Waals surface area contributed by atoms with Gasteiger partial charge in [0.1, 0.15) is 19.0 Å². The normalized spacial score (nSPS) is 16.3. The van der Waals surface area contributed by atoms with Crippen molar-refractivity contribution in [3.05, 3.63) is 110 Å². The van der Waals surface area contributed by atoms with Crippen molar-refractivity contribution in [1.29, 1.82) is 0 Å². The van der Waals surface area contributed by atoms with Crippen LogP contribution in [-0.4, -0.2) is 115 Å². The van der Waals surface area contributed by atoms with Crippen molar-refractivity contribution in [1.82, 2.24) is 9.80 Å². The zero-order valence-electron chi connectivity index (χ0n) is 61.9. The number of hydrogen-bond donors (Lipinski definition) is 4. The van der Waals surface area contributed by atoms with Crippen LogP contribution in [0.25, 0.3) is 0 Å². The van der Waals surface area contributed by atoms with Gasteiger partial charge in [-0.1, -0.05) is 213 Å². The highest BCUT2D eigenvalue weighted by Crippen LogP contribution is 2.28. The van der Waals surface area contributed by atoms with Gasteiger partial charge in [-0.05, 0) is 155 Å². The van der Waals surface area contributed by atoms with Gasteiger partial charge >= 0.3 is 36.1 Å². The molecule has 0 saturated carbocycles. The standard InChI is InChI=1S/C18H25NO3.C16H21NO3.3C11H20O2.C8H16O2.C3H5BrO/c1-4-15(10-13(2)3)17(20)19-16(12-22-18(19)21)11-14-8-6-5-7-9-14;1-12(2)8-9-15(18)17-14(11-20-16(17)19)10-13-6-4-3-5-7-13;3*1-5-6-9(4)10(11(12)13)7-8(2)3;1-4-7(8(9)10)5-6(2)3;1-3(5)2-4/h5-9,13,15-16H,4,10-12H2,1-3H3;3-7,12,14H,8-11H2,1-2H3;3*5,8-10H,1,6-7H2,2-4H3,(H,12,13);6-7H,4-5H2,1-3H3,(H,9,10);2H2,1H3/t15-,16?;;2*9-,10+;9-,10-;7-;/m0.0010./s1. The van der Waals surface area contributed by atoms with Crippen molar-refractivity contribution in [3.8, 4) is 0 Å². The molecule has 2 aromatic rings. The lowest BCUT2D eigenvalue weighted by molar-refractivity contribution is -0.145. The molecule has 4 N–H and O–H groups in total. The van der Waals surface area contributed by atoms with E-state index in [2.05, 4.69) is 105 Å². The molecule has 546 valence electrons. The Kier molecular flexibility index (Phi) is 52.3. The molecule has 4 rings (SSSR count). The van der Waals surface area contributed by atoms with E-state index in [1.54, 1.807) is 18.2 Å². The fraction of sp³-hybridized carbons (Fsp3) is 0.654. The van der Waals surface area contributed by atoms with Crippen molar-refractivity contribution >= 4 is 69.6 Å². The van der Waals surface area contributed by atoms with E-state index in [1.165, 1.54) is 16.7 Å². The number of imide groups is 2. The first-order chi connectivity index (χ1) is 44.9. The number of benzene rings is 2. The summed E-state index contributed by atoms with van der Waals surface area (Å²) in [6.45, 7) is 47.6. The zero-order chi connectivity index (χ0) is 74.4. The molecule has 0 radical (unpaired) electrons. The fourth-order valence-corrected chi connectivity index (χ4v) is 10.9. The van der Waals surface area contributed by atoms with Gasteiger partial charge in [0, 0.05) is 12.3 Å². The third kappa shape index (κ3) is 43.0. The molecule has 0 aromatic heterocycles. The third-order valence-electron chi connectivity index (χ3n) is 16.2. The van der Waals surface area contributed by atoms with Crippen LogP contribution in [0.3, 0.4) is 0 Å². The quantitative estimate of drug-likeness (QED) is 0.0375. The van der Waals surface area contributed by atoms with E-state index < -0.39 is 36.1 Å². The van der Waals surface area contributed by atoms with Gasteiger partial charge in [0.15, 0.2) is 0 Å². The topological polar surface area (TPSA) is 259 Å². The first-order valence-corrected chi connectivity index (χ1v) is 35.9. The van der Waals surface area contributed by atoms with Gasteiger partial charge in [0.2, 0.25) is 11.8 Å². The Morgan fingerprint density at radius 2 is 0.792 bits per heavy atom. The van der Waals surface area contributed by atoms with E-state index in [0.29, 0.717) is 66.7 Å². The molecule has 0 spiro atoms. The highest BCUT2D eigenvalue weighted by Gasteiger charge is 2.41. The molecule has 0 bridgehead atoms. The molecule has 17 nitrogen and oxygen atoms in total. The lowest BCUT2D eigenvalue weighted by atomic mass is 9.85. The van der Waals surface area contributed by atoms with Gasteiger partial charge in [-0.3, -0.25) is 33.6 Å². The van der Waals surface area contributed by atoms with Gasteiger partial charge in [-0.15, -0.1) is 19.7 Å². The highest BCUT2D eigenvalue weighted by atomic mass is 79.9.